The highest BCUT2D eigenvalue weighted by atomic mass is 14.2. The van der Waals surface area contributed by atoms with Crippen molar-refractivity contribution in [2.75, 3.05) is 0 Å². The molecule has 0 saturated carbocycles. The molecule has 1 unspecified atom stereocenters. The van der Waals surface area contributed by atoms with Crippen LogP contribution in [0.1, 0.15) is 41.5 Å². The first-order chi connectivity index (χ1) is 6.61. The lowest BCUT2D eigenvalue weighted by molar-refractivity contribution is 0.813. The molecule has 0 heteroatoms. The second-order valence-corrected chi connectivity index (χ2v) is 3.84. The summed E-state index contributed by atoms with van der Waals surface area (Å²) in [5.74, 6) is 2.79. The maximum absolute atomic E-state index is 7.31. The van der Waals surface area contributed by atoms with Gasteiger partial charge in [-0.25, -0.2) is 0 Å². The zero-order chi connectivity index (χ0) is 10.7. The van der Waals surface area contributed by atoms with Gasteiger partial charge in [-0.05, 0) is 55.9 Å². The van der Waals surface area contributed by atoms with E-state index in [9.17, 15) is 0 Å². The summed E-state index contributed by atoms with van der Waals surface area (Å²) in [6.45, 7) is 8.47. The molecule has 0 aromatic heterocycles. The van der Waals surface area contributed by atoms with Crippen molar-refractivity contribution in [3.05, 3.63) is 40.8 Å². The Bertz CT molecular complexity index is 366. The lowest BCUT2D eigenvalue weighted by atomic mass is 9.87. The van der Waals surface area contributed by atoms with E-state index in [-0.39, 0.29) is 5.92 Å². The quantitative estimate of drug-likeness (QED) is 0.616. The molecule has 0 spiro atoms. The van der Waals surface area contributed by atoms with Crippen molar-refractivity contribution in [3.8, 4) is 5.92 Å². The minimum atomic E-state index is 0.162. The third-order valence-corrected chi connectivity index (χ3v) is 2.93. The molecule has 73 valence electrons. The summed E-state index contributed by atoms with van der Waals surface area (Å²) in [5.41, 5.74) is 5.19. The van der Waals surface area contributed by atoms with Gasteiger partial charge in [-0.2, -0.15) is 0 Å². The van der Waals surface area contributed by atoms with Gasteiger partial charge in [0.2, 0.25) is 0 Å². The molecular formula is C14H17. The van der Waals surface area contributed by atoms with Crippen LogP contribution in [0.5, 0.6) is 0 Å². The average Bonchev–Trinajstić information content (AvgIpc) is 2.19. The zero-order valence-electron chi connectivity index (χ0n) is 9.44. The van der Waals surface area contributed by atoms with Gasteiger partial charge < -0.3 is 0 Å². The predicted octanol–water partition coefficient (Wildman–Crippen LogP) is 3.70. The highest BCUT2D eigenvalue weighted by Gasteiger charge is 2.12. The van der Waals surface area contributed by atoms with Crippen molar-refractivity contribution in [3.63, 3.8) is 0 Å². The normalized spacial score (nSPS) is 12.2. The minimum Gasteiger partial charge on any atom is -0.0809 e. The molecule has 1 radical (unpaired) electrons. The van der Waals surface area contributed by atoms with Crippen molar-refractivity contribution in [2.24, 2.45) is 0 Å². The lowest BCUT2D eigenvalue weighted by Crippen LogP contribution is -2.01. The molecule has 1 aromatic carbocycles. The van der Waals surface area contributed by atoms with Crippen molar-refractivity contribution >= 4 is 0 Å². The Labute approximate surface area is 87.4 Å². The van der Waals surface area contributed by atoms with Crippen LogP contribution in [-0.4, -0.2) is 0 Å². The summed E-state index contributed by atoms with van der Waals surface area (Å²) in [6.07, 6.45) is 8.26. The minimum absolute atomic E-state index is 0.162. The number of aryl methyl sites for hydroxylation is 2. The first-order valence-electron chi connectivity index (χ1n) is 5.10. The summed E-state index contributed by atoms with van der Waals surface area (Å²) in [6, 6.07) is 4.28. The molecule has 1 rings (SSSR count). The molecule has 14 heavy (non-hydrogen) atoms. The van der Waals surface area contributed by atoms with Crippen molar-refractivity contribution < 1.29 is 0 Å². The number of hydrogen-bond acceptors (Lipinski definition) is 0. The van der Waals surface area contributed by atoms with Crippen LogP contribution in [0.4, 0.5) is 0 Å². The predicted molar refractivity (Wildman–Crippen MR) is 60.8 cm³/mol. The fourth-order valence-corrected chi connectivity index (χ4v) is 1.89. The van der Waals surface area contributed by atoms with Gasteiger partial charge in [-0.15, -0.1) is 0 Å². The van der Waals surface area contributed by atoms with Gasteiger partial charge in [0.15, 0.2) is 0 Å². The maximum Gasteiger partial charge on any atom is 0.0465 e. The van der Waals surface area contributed by atoms with Crippen LogP contribution in [-0.2, 0) is 0 Å². The molecule has 0 saturated heterocycles. The van der Waals surface area contributed by atoms with Crippen molar-refractivity contribution in [1.82, 2.24) is 0 Å². The second-order valence-electron chi connectivity index (χ2n) is 3.84. The summed E-state index contributed by atoms with van der Waals surface area (Å²) >= 11 is 0. The first kappa shape index (κ1) is 10.9. The largest absolute Gasteiger partial charge is 0.0809 e. The van der Waals surface area contributed by atoms with Crippen LogP contribution in [0.2, 0.25) is 0 Å². The SMILES string of the molecule is [C]#CC(CC)c1c(C)ccc(C)c1C. The van der Waals surface area contributed by atoms with Crippen LogP contribution >= 0.6 is 0 Å². The highest BCUT2D eigenvalue weighted by Crippen LogP contribution is 2.27. The summed E-state index contributed by atoms with van der Waals surface area (Å²) in [5, 5.41) is 0. The van der Waals surface area contributed by atoms with Crippen LogP contribution in [0.3, 0.4) is 0 Å². The fourth-order valence-electron chi connectivity index (χ4n) is 1.89. The third kappa shape index (κ3) is 1.82. The Kier molecular flexibility index (Phi) is 3.36. The molecular weight excluding hydrogens is 168 g/mol. The van der Waals surface area contributed by atoms with E-state index in [1.165, 1.54) is 22.3 Å². The molecule has 1 aromatic rings. The molecule has 0 aliphatic rings. The summed E-state index contributed by atoms with van der Waals surface area (Å²) < 4.78 is 0. The Morgan fingerprint density at radius 1 is 1.21 bits per heavy atom. The zero-order valence-corrected chi connectivity index (χ0v) is 9.44. The van der Waals surface area contributed by atoms with E-state index in [4.69, 9.17) is 6.42 Å². The molecule has 0 amide bonds. The van der Waals surface area contributed by atoms with Gasteiger partial charge in [-0.1, -0.05) is 25.0 Å². The molecule has 0 N–H and O–H groups in total. The molecule has 0 bridgehead atoms. The molecule has 0 fully saturated rings. The second kappa shape index (κ2) is 4.33. The molecule has 0 nitrogen and oxygen atoms in total. The monoisotopic (exact) mass is 185 g/mol. The van der Waals surface area contributed by atoms with E-state index < -0.39 is 0 Å². The average molecular weight is 185 g/mol. The van der Waals surface area contributed by atoms with Gasteiger partial charge in [0, 0.05) is 5.92 Å². The topological polar surface area (TPSA) is 0 Å². The maximum atomic E-state index is 7.31. The number of benzene rings is 1. The molecule has 0 aliphatic carbocycles. The smallest absolute Gasteiger partial charge is 0.0465 e. The number of hydrogen-bond donors (Lipinski definition) is 0. The van der Waals surface area contributed by atoms with Gasteiger partial charge in [0.05, 0.1) is 0 Å². The number of rotatable bonds is 2. The first-order valence-corrected chi connectivity index (χ1v) is 5.10. The van der Waals surface area contributed by atoms with E-state index in [1.807, 2.05) is 0 Å². The molecule has 0 aliphatic heterocycles. The summed E-state index contributed by atoms with van der Waals surface area (Å²) in [7, 11) is 0. The van der Waals surface area contributed by atoms with Crippen molar-refractivity contribution in [2.45, 2.75) is 40.0 Å². The molecule has 0 heterocycles. The Morgan fingerprint density at radius 2 is 1.79 bits per heavy atom. The standard InChI is InChI=1S/C14H17/c1-6-13(7-2)14-11(4)9-8-10(3)12(14)5/h8-9,13H,6H2,1,3-5H3. The van der Waals surface area contributed by atoms with E-state index in [1.54, 1.807) is 0 Å². The van der Waals surface area contributed by atoms with Gasteiger partial charge in [-0.3, -0.25) is 0 Å². The fraction of sp³-hybridized carbons (Fsp3) is 0.429. The van der Waals surface area contributed by atoms with Crippen LogP contribution in [0, 0.1) is 33.1 Å². The van der Waals surface area contributed by atoms with Gasteiger partial charge in [0.25, 0.3) is 0 Å². The van der Waals surface area contributed by atoms with Crippen molar-refractivity contribution in [1.29, 1.82) is 0 Å². The van der Waals surface area contributed by atoms with Gasteiger partial charge in [0.1, 0.15) is 0 Å². The Balaban J connectivity index is 3.32. The Morgan fingerprint density at radius 3 is 2.29 bits per heavy atom. The van der Waals surface area contributed by atoms with E-state index >= 15 is 0 Å². The van der Waals surface area contributed by atoms with Crippen LogP contribution in [0.15, 0.2) is 12.1 Å². The summed E-state index contributed by atoms with van der Waals surface area (Å²) in [4.78, 5) is 0. The third-order valence-electron chi connectivity index (χ3n) is 2.93. The van der Waals surface area contributed by atoms with E-state index in [2.05, 4.69) is 45.7 Å². The van der Waals surface area contributed by atoms with Crippen LogP contribution < -0.4 is 0 Å². The Hall–Kier alpha value is -1.22. The van der Waals surface area contributed by atoms with E-state index in [0.717, 1.165) is 6.42 Å². The van der Waals surface area contributed by atoms with Crippen LogP contribution in [0.25, 0.3) is 0 Å². The van der Waals surface area contributed by atoms with E-state index in [0.29, 0.717) is 0 Å². The molecule has 1 atom stereocenters. The highest BCUT2D eigenvalue weighted by molar-refractivity contribution is 5.43. The van der Waals surface area contributed by atoms with Gasteiger partial charge >= 0.3 is 0 Å². The lowest BCUT2D eigenvalue weighted by Gasteiger charge is -2.16.